The second-order valence-electron chi connectivity index (χ2n) is 15.7. The Balaban J connectivity index is 1.48. The van der Waals surface area contributed by atoms with E-state index in [0.29, 0.717) is 52.0 Å². The maximum Gasteiger partial charge on any atom is 0.530 e. The van der Waals surface area contributed by atoms with Gasteiger partial charge in [-0.3, -0.25) is 0 Å². The molecule has 0 heterocycles. The zero-order valence-corrected chi connectivity index (χ0v) is 35.5. The van der Waals surface area contributed by atoms with Gasteiger partial charge in [0.15, 0.2) is 0 Å². The van der Waals surface area contributed by atoms with Crippen LogP contribution in [0.1, 0.15) is 59.6 Å². The molecular formula is C49H51O8P. The van der Waals surface area contributed by atoms with Gasteiger partial charge in [0.1, 0.15) is 40.1 Å². The van der Waals surface area contributed by atoms with Crippen LogP contribution >= 0.6 is 8.60 Å². The van der Waals surface area contributed by atoms with Crippen molar-refractivity contribution < 1.29 is 37.3 Å². The van der Waals surface area contributed by atoms with E-state index in [4.69, 9.17) is 32.5 Å². The first-order valence-electron chi connectivity index (χ1n) is 19.2. The lowest BCUT2D eigenvalue weighted by Gasteiger charge is -2.27. The molecule has 0 saturated heterocycles. The third-order valence-corrected chi connectivity index (χ3v) is 10.2. The first kappa shape index (κ1) is 41.6. The van der Waals surface area contributed by atoms with Crippen molar-refractivity contribution in [2.24, 2.45) is 0 Å². The van der Waals surface area contributed by atoms with E-state index in [2.05, 4.69) is 24.3 Å². The summed E-state index contributed by atoms with van der Waals surface area (Å²) in [5.41, 5.74) is 5.68. The van der Waals surface area contributed by atoms with Crippen molar-refractivity contribution >= 4 is 14.8 Å². The van der Waals surface area contributed by atoms with Crippen molar-refractivity contribution in [3.63, 3.8) is 0 Å². The van der Waals surface area contributed by atoms with Crippen LogP contribution < -0.4 is 27.8 Å². The quantitative estimate of drug-likeness (QED) is 0.0649. The molecule has 300 valence electrons. The average Bonchev–Trinajstić information content (AvgIpc) is 3.21. The Morgan fingerprint density at radius 1 is 0.534 bits per heavy atom. The van der Waals surface area contributed by atoms with E-state index in [1.807, 2.05) is 137 Å². The summed E-state index contributed by atoms with van der Waals surface area (Å²) >= 11 is 0. The second-order valence-corrected chi connectivity index (χ2v) is 16.7. The molecule has 9 heteroatoms. The van der Waals surface area contributed by atoms with Crippen molar-refractivity contribution in [2.75, 3.05) is 14.2 Å². The highest BCUT2D eigenvalue weighted by atomic mass is 31.2. The van der Waals surface area contributed by atoms with Crippen molar-refractivity contribution in [3.8, 4) is 67.9 Å². The standard InChI is InChI=1S/C49H51O8P/c1-10-33-29-40(51-8)30-42(43-31-41(52-9)32-44(48(2,3)4)46(43)53-47(50)54-49(5,6)7)45(33)57-58(55-38-25-21-36(22-26-38)34-17-13-11-14-18-34)56-39-27-23-37(24-28-39)35-19-15-12-16-20-35/h11-32H,10H2,1-9H3. The summed E-state index contributed by atoms with van der Waals surface area (Å²) in [6.45, 7) is 13.5. The molecule has 6 rings (SSSR count). The van der Waals surface area contributed by atoms with Gasteiger partial charge in [-0.1, -0.05) is 113 Å². The van der Waals surface area contributed by atoms with E-state index >= 15 is 0 Å². The number of hydrogen-bond donors (Lipinski definition) is 0. The fraction of sp³-hybridized carbons (Fsp3) is 0.245. The molecule has 0 bridgehead atoms. The van der Waals surface area contributed by atoms with Gasteiger partial charge in [0.25, 0.3) is 0 Å². The molecule has 0 fully saturated rings. The minimum absolute atomic E-state index is 0.307. The van der Waals surface area contributed by atoms with E-state index in [9.17, 15) is 4.79 Å². The predicted octanol–water partition coefficient (Wildman–Crippen LogP) is 13.6. The summed E-state index contributed by atoms with van der Waals surface area (Å²) in [6, 6.07) is 43.4. The third-order valence-electron chi connectivity index (χ3n) is 9.18. The van der Waals surface area contributed by atoms with E-state index in [1.54, 1.807) is 35.0 Å². The van der Waals surface area contributed by atoms with Crippen LogP contribution in [0.15, 0.2) is 133 Å². The Morgan fingerprint density at radius 2 is 0.983 bits per heavy atom. The Morgan fingerprint density at radius 3 is 1.41 bits per heavy atom. The number of hydrogen-bond acceptors (Lipinski definition) is 8. The molecule has 0 saturated carbocycles. The maximum atomic E-state index is 13.4. The van der Waals surface area contributed by atoms with Crippen LogP contribution in [0.3, 0.4) is 0 Å². The topological polar surface area (TPSA) is 81.7 Å². The van der Waals surface area contributed by atoms with Crippen LogP contribution in [-0.4, -0.2) is 26.0 Å². The summed E-state index contributed by atoms with van der Waals surface area (Å²) in [7, 11) is 1.07. The lowest BCUT2D eigenvalue weighted by Crippen LogP contribution is -2.27. The van der Waals surface area contributed by atoms with E-state index < -0.39 is 25.8 Å². The fourth-order valence-corrected chi connectivity index (χ4v) is 7.33. The van der Waals surface area contributed by atoms with Gasteiger partial charge in [-0.15, -0.1) is 0 Å². The maximum absolute atomic E-state index is 13.4. The summed E-state index contributed by atoms with van der Waals surface area (Å²) in [6.07, 6.45) is -0.268. The monoisotopic (exact) mass is 798 g/mol. The Bertz CT molecular complexity index is 2210. The zero-order chi connectivity index (χ0) is 41.5. The largest absolute Gasteiger partial charge is 0.530 e. The number of carbonyl (C=O) groups excluding carboxylic acids is 1. The lowest BCUT2D eigenvalue weighted by atomic mass is 9.83. The molecule has 0 aromatic heterocycles. The lowest BCUT2D eigenvalue weighted by molar-refractivity contribution is 0.0203. The molecule has 0 aliphatic heterocycles. The van der Waals surface area contributed by atoms with Crippen LogP contribution in [-0.2, 0) is 16.6 Å². The van der Waals surface area contributed by atoms with Crippen molar-refractivity contribution in [2.45, 2.75) is 65.9 Å². The van der Waals surface area contributed by atoms with Gasteiger partial charge < -0.3 is 32.5 Å². The molecule has 0 aliphatic carbocycles. The van der Waals surface area contributed by atoms with Gasteiger partial charge in [0.05, 0.1) is 14.2 Å². The summed E-state index contributed by atoms with van der Waals surface area (Å²) in [4.78, 5) is 13.4. The minimum atomic E-state index is -2.15. The van der Waals surface area contributed by atoms with Crippen LogP contribution in [0, 0.1) is 0 Å². The number of ether oxygens (including phenoxy) is 4. The van der Waals surface area contributed by atoms with Crippen LogP contribution in [0.25, 0.3) is 33.4 Å². The summed E-state index contributed by atoms with van der Waals surface area (Å²) in [5, 5.41) is 0. The summed E-state index contributed by atoms with van der Waals surface area (Å²) in [5.74, 6) is 3.05. The molecule has 0 atom stereocenters. The molecule has 6 aromatic carbocycles. The Labute approximate surface area is 343 Å². The normalized spacial score (nSPS) is 11.5. The van der Waals surface area contributed by atoms with Crippen molar-refractivity contribution in [3.05, 3.63) is 145 Å². The van der Waals surface area contributed by atoms with Gasteiger partial charge in [-0.05, 0) is 109 Å². The molecular weight excluding hydrogens is 748 g/mol. The first-order valence-corrected chi connectivity index (χ1v) is 20.3. The SMILES string of the molecule is CCc1cc(OC)cc(-c2cc(OC)cc(C(C)(C)C)c2OC(=O)OC(C)(C)C)c1OP(Oc1ccc(-c2ccccc2)cc1)Oc1ccc(-c2ccccc2)cc1. The van der Waals surface area contributed by atoms with Gasteiger partial charge >= 0.3 is 14.8 Å². The number of rotatable bonds is 13. The number of carbonyl (C=O) groups is 1. The number of methoxy groups -OCH3 is 2. The third kappa shape index (κ3) is 10.5. The molecule has 0 amide bonds. The molecule has 58 heavy (non-hydrogen) atoms. The molecule has 0 aliphatic rings. The second kappa shape index (κ2) is 18.1. The Hall–Kier alpha value is -5.98. The van der Waals surface area contributed by atoms with Crippen molar-refractivity contribution in [1.29, 1.82) is 0 Å². The van der Waals surface area contributed by atoms with Crippen molar-refractivity contribution in [1.82, 2.24) is 0 Å². The van der Waals surface area contributed by atoms with Crippen LogP contribution in [0.2, 0.25) is 0 Å². The Kier molecular flexibility index (Phi) is 13.0. The number of benzene rings is 6. The average molecular weight is 799 g/mol. The highest BCUT2D eigenvalue weighted by Crippen LogP contribution is 2.52. The van der Waals surface area contributed by atoms with E-state index in [-0.39, 0.29) is 0 Å². The highest BCUT2D eigenvalue weighted by Gasteiger charge is 2.31. The predicted molar refractivity (Wildman–Crippen MR) is 232 cm³/mol. The van der Waals surface area contributed by atoms with Gasteiger partial charge in [0, 0.05) is 16.7 Å². The smallest absolute Gasteiger partial charge is 0.497 e. The van der Waals surface area contributed by atoms with Crippen LogP contribution in [0.4, 0.5) is 4.79 Å². The van der Waals surface area contributed by atoms with Gasteiger partial charge in [-0.2, -0.15) is 0 Å². The fourth-order valence-electron chi connectivity index (χ4n) is 6.27. The van der Waals surface area contributed by atoms with Crippen LogP contribution in [0.5, 0.6) is 34.5 Å². The molecule has 0 N–H and O–H groups in total. The molecule has 8 nitrogen and oxygen atoms in total. The minimum Gasteiger partial charge on any atom is -0.497 e. The first-order chi connectivity index (χ1) is 27.7. The van der Waals surface area contributed by atoms with Gasteiger partial charge in [0.2, 0.25) is 0 Å². The summed E-state index contributed by atoms with van der Waals surface area (Å²) < 4.78 is 43.7. The molecule has 0 unspecified atom stereocenters. The molecule has 6 aromatic rings. The van der Waals surface area contributed by atoms with Gasteiger partial charge in [-0.25, -0.2) is 4.79 Å². The van der Waals surface area contributed by atoms with E-state index in [0.717, 1.165) is 33.4 Å². The molecule has 0 radical (unpaired) electrons. The highest BCUT2D eigenvalue weighted by molar-refractivity contribution is 7.43. The number of aryl methyl sites for hydroxylation is 1. The zero-order valence-electron chi connectivity index (χ0n) is 34.6. The van der Waals surface area contributed by atoms with E-state index in [1.165, 1.54) is 0 Å². The molecule has 0 spiro atoms.